The van der Waals surface area contributed by atoms with Gasteiger partial charge in [-0.1, -0.05) is 27.7 Å². The average molecular weight is 376 g/mol. The van der Waals surface area contributed by atoms with Gasteiger partial charge in [0.1, 0.15) is 0 Å². The van der Waals surface area contributed by atoms with Crippen LogP contribution in [0.1, 0.15) is 54.4 Å². The number of hydrogen-bond donors (Lipinski definition) is 1. The van der Waals surface area contributed by atoms with Crippen molar-refractivity contribution in [3.63, 3.8) is 0 Å². The minimum absolute atomic E-state index is 0. The number of ether oxygens (including phenoxy) is 1. The van der Waals surface area contributed by atoms with Crippen LogP contribution in [0.25, 0.3) is 0 Å². The molecule has 1 aliphatic heterocycles. The SMILES string of the molecule is CC1(C)CC(=O)C2OC2(C)C1=O.CC1=C(O)C(=O)CC(C)(C)C1=O.[Na+].[OH-]. The fourth-order valence-electron chi connectivity index (χ4n) is 3.43. The first kappa shape index (κ1) is 25.1. The fraction of sp³-hybridized carbons (Fsp3) is 0.667. The van der Waals surface area contributed by atoms with Crippen LogP contribution in [0.3, 0.4) is 0 Å². The molecule has 0 aromatic heterocycles. The van der Waals surface area contributed by atoms with Crippen LogP contribution in [0.4, 0.5) is 0 Å². The molecule has 1 saturated heterocycles. The first-order chi connectivity index (χ1) is 10.7. The first-order valence-corrected chi connectivity index (χ1v) is 7.97. The number of rotatable bonds is 0. The van der Waals surface area contributed by atoms with Crippen LogP contribution in [-0.4, -0.2) is 45.4 Å². The molecule has 0 radical (unpaired) electrons. The predicted octanol–water partition coefficient (Wildman–Crippen LogP) is -1.07. The average Bonchev–Trinajstić information content (AvgIpc) is 3.15. The van der Waals surface area contributed by atoms with Gasteiger partial charge in [-0.3, -0.25) is 19.2 Å². The van der Waals surface area contributed by atoms with E-state index in [-0.39, 0.29) is 75.9 Å². The van der Waals surface area contributed by atoms with Crippen molar-refractivity contribution in [3.05, 3.63) is 11.3 Å². The van der Waals surface area contributed by atoms with E-state index < -0.39 is 22.5 Å². The number of fused-ring (bicyclic) bond motifs is 1. The first-order valence-electron chi connectivity index (χ1n) is 7.97. The van der Waals surface area contributed by atoms with Crippen LogP contribution in [0.15, 0.2) is 11.3 Å². The van der Waals surface area contributed by atoms with Gasteiger partial charge >= 0.3 is 29.6 Å². The van der Waals surface area contributed by atoms with Gasteiger partial charge in [0.05, 0.1) is 0 Å². The summed E-state index contributed by atoms with van der Waals surface area (Å²) >= 11 is 0. The molecule has 2 aliphatic carbocycles. The number of hydrogen-bond acceptors (Lipinski definition) is 7. The molecular weight excluding hydrogens is 351 g/mol. The molecule has 26 heavy (non-hydrogen) atoms. The van der Waals surface area contributed by atoms with Crippen LogP contribution in [0.5, 0.6) is 0 Å². The quantitative estimate of drug-likeness (QED) is 0.420. The maximum Gasteiger partial charge on any atom is 1.00 e. The van der Waals surface area contributed by atoms with Crippen LogP contribution >= 0.6 is 0 Å². The van der Waals surface area contributed by atoms with Crippen molar-refractivity contribution in [1.29, 1.82) is 0 Å². The molecule has 8 heteroatoms. The molecule has 2 unspecified atom stereocenters. The standard InChI is InChI=1S/2C9H12O3.Na.H2O/c1-8(2)4-5(10)6-9(3,12-6)7(8)11;1-5-7(11)6(10)4-9(2,3)8(5)12;;/h6H,4H2,1-3H3;11H,4H2,1-3H3;;1H2/q;;+1;/p-1. The van der Waals surface area contributed by atoms with Crippen LogP contribution in [0, 0.1) is 10.8 Å². The number of carbonyl (C=O) groups excluding carboxylic acids is 4. The minimum Gasteiger partial charge on any atom is -0.870 e. The topological polar surface area (TPSA) is 131 Å². The Bertz CT molecular complexity index is 683. The second-order valence-electron chi connectivity index (χ2n) is 8.25. The molecule has 2 atom stereocenters. The molecular formula is C18H25NaO7. The third-order valence-corrected chi connectivity index (χ3v) is 4.96. The monoisotopic (exact) mass is 376 g/mol. The number of Topliss-reactive ketones (excluding diaryl/α,β-unsaturated/α-hetero) is 4. The Kier molecular flexibility index (Phi) is 7.38. The van der Waals surface area contributed by atoms with Crippen LogP contribution < -0.4 is 29.6 Å². The van der Waals surface area contributed by atoms with Crippen molar-refractivity contribution in [2.24, 2.45) is 10.8 Å². The number of aliphatic hydroxyl groups excluding tert-OH is 1. The van der Waals surface area contributed by atoms with Crippen molar-refractivity contribution in [2.75, 3.05) is 0 Å². The summed E-state index contributed by atoms with van der Waals surface area (Å²) in [5.41, 5.74) is -1.76. The van der Waals surface area contributed by atoms with Gasteiger partial charge in [-0.15, -0.1) is 0 Å². The van der Waals surface area contributed by atoms with E-state index in [1.165, 1.54) is 6.92 Å². The van der Waals surface area contributed by atoms with Crippen molar-refractivity contribution in [2.45, 2.75) is 66.1 Å². The second kappa shape index (κ2) is 7.64. The van der Waals surface area contributed by atoms with E-state index in [0.29, 0.717) is 6.42 Å². The Morgan fingerprint density at radius 1 is 0.962 bits per heavy atom. The molecule has 3 rings (SSSR count). The zero-order chi connectivity index (χ0) is 18.7. The van der Waals surface area contributed by atoms with Crippen molar-refractivity contribution in [3.8, 4) is 0 Å². The smallest absolute Gasteiger partial charge is 0.870 e. The van der Waals surface area contributed by atoms with Gasteiger partial charge in [0.15, 0.2) is 40.6 Å². The van der Waals surface area contributed by atoms with E-state index >= 15 is 0 Å². The Morgan fingerprint density at radius 2 is 1.46 bits per heavy atom. The molecule has 0 bridgehead atoms. The van der Waals surface area contributed by atoms with Crippen molar-refractivity contribution >= 4 is 23.1 Å². The number of carbonyl (C=O) groups is 4. The molecule has 3 aliphatic rings. The van der Waals surface area contributed by atoms with Gasteiger partial charge < -0.3 is 15.3 Å². The normalized spacial score (nSPS) is 31.1. The molecule has 0 aromatic carbocycles. The summed E-state index contributed by atoms with van der Waals surface area (Å²) in [6.45, 7) is 10.2. The largest absolute Gasteiger partial charge is 1.00 e. The van der Waals surface area contributed by atoms with Gasteiger partial charge in [-0.05, 0) is 13.8 Å². The van der Waals surface area contributed by atoms with Crippen LogP contribution in [-0.2, 0) is 23.9 Å². The summed E-state index contributed by atoms with van der Waals surface area (Å²) in [6.07, 6.45) is -0.000741. The zero-order valence-corrected chi connectivity index (χ0v) is 18.4. The predicted molar refractivity (Wildman–Crippen MR) is 87.4 cm³/mol. The second-order valence-corrected chi connectivity index (χ2v) is 8.25. The van der Waals surface area contributed by atoms with Crippen molar-refractivity contribution in [1.82, 2.24) is 0 Å². The molecule has 1 saturated carbocycles. The third-order valence-electron chi connectivity index (χ3n) is 4.96. The molecule has 140 valence electrons. The molecule has 0 aromatic rings. The van der Waals surface area contributed by atoms with Gasteiger partial charge in [0.2, 0.25) is 0 Å². The minimum atomic E-state index is -0.779. The molecule has 0 spiro atoms. The summed E-state index contributed by atoms with van der Waals surface area (Å²) in [5.74, 6) is -0.697. The summed E-state index contributed by atoms with van der Waals surface area (Å²) in [5, 5.41) is 9.16. The fourth-order valence-corrected chi connectivity index (χ4v) is 3.43. The Labute approximate surface area is 175 Å². The summed E-state index contributed by atoms with van der Waals surface area (Å²) < 4.78 is 5.13. The molecule has 0 amide bonds. The zero-order valence-electron chi connectivity index (χ0n) is 16.4. The molecule has 7 nitrogen and oxygen atoms in total. The molecule has 2 N–H and O–H groups in total. The van der Waals surface area contributed by atoms with Crippen LogP contribution in [0.2, 0.25) is 0 Å². The number of epoxide rings is 1. The Morgan fingerprint density at radius 3 is 1.96 bits per heavy atom. The third kappa shape index (κ3) is 4.17. The Hall–Kier alpha value is -0.860. The van der Waals surface area contributed by atoms with Gasteiger partial charge in [0.25, 0.3) is 0 Å². The van der Waals surface area contributed by atoms with E-state index in [1.807, 2.05) is 0 Å². The van der Waals surface area contributed by atoms with E-state index in [2.05, 4.69) is 0 Å². The van der Waals surface area contributed by atoms with Gasteiger partial charge in [-0.25, -0.2) is 0 Å². The van der Waals surface area contributed by atoms with E-state index in [1.54, 1.807) is 34.6 Å². The van der Waals surface area contributed by atoms with E-state index in [9.17, 15) is 19.2 Å². The number of aliphatic hydroxyl groups is 1. The van der Waals surface area contributed by atoms with Crippen molar-refractivity contribution < 1.29 is 64.1 Å². The maximum atomic E-state index is 11.7. The number of ketones is 4. The summed E-state index contributed by atoms with van der Waals surface area (Å²) in [4.78, 5) is 45.5. The van der Waals surface area contributed by atoms with E-state index in [0.717, 1.165) is 0 Å². The van der Waals surface area contributed by atoms with Gasteiger partial charge in [0, 0.05) is 29.2 Å². The molecule has 1 heterocycles. The Balaban J connectivity index is 0.000000446. The summed E-state index contributed by atoms with van der Waals surface area (Å²) in [6, 6.07) is 0. The molecule has 2 fully saturated rings. The van der Waals surface area contributed by atoms with Gasteiger partial charge in [-0.2, -0.15) is 0 Å². The van der Waals surface area contributed by atoms with E-state index in [4.69, 9.17) is 9.84 Å². The summed E-state index contributed by atoms with van der Waals surface area (Å²) in [7, 11) is 0. The number of allylic oxidation sites excluding steroid dienone is 2. The maximum absolute atomic E-state index is 11.7.